The predicted octanol–water partition coefficient (Wildman–Crippen LogP) is 4.60. The number of carbonyl (C=O) groups is 2. The summed E-state index contributed by atoms with van der Waals surface area (Å²) in [6.07, 6.45) is 0.170. The molecule has 0 aliphatic carbocycles. The fourth-order valence-corrected chi connectivity index (χ4v) is 2.53. The molecule has 0 aromatic heterocycles. The van der Waals surface area contributed by atoms with Crippen LogP contribution in [0.2, 0.25) is 5.02 Å². The molecule has 6 heteroatoms. The molecule has 0 spiro atoms. The number of hydrogen-bond donors (Lipinski definition) is 0. The van der Waals surface area contributed by atoms with Crippen LogP contribution in [0, 0.1) is 0 Å². The number of anilines is 1. The predicted molar refractivity (Wildman–Crippen MR) is 95.6 cm³/mol. The number of rotatable bonds is 5. The van der Waals surface area contributed by atoms with Crippen LogP contribution in [0.1, 0.15) is 46.6 Å². The van der Waals surface area contributed by atoms with Crippen molar-refractivity contribution in [2.45, 2.75) is 59.1 Å². The lowest BCUT2D eigenvalue weighted by Gasteiger charge is -2.32. The minimum Gasteiger partial charge on any atom is -0.469 e. The maximum atomic E-state index is 12.7. The van der Waals surface area contributed by atoms with E-state index in [1.807, 2.05) is 40.7 Å². The molecule has 1 aromatic rings. The van der Waals surface area contributed by atoms with Crippen molar-refractivity contribution in [1.29, 1.82) is 0 Å². The van der Waals surface area contributed by atoms with Gasteiger partial charge in [0, 0.05) is 12.5 Å². The Labute approximate surface area is 148 Å². The molecule has 134 valence electrons. The van der Waals surface area contributed by atoms with E-state index < -0.39 is 11.7 Å². The molecule has 0 N–H and O–H groups in total. The van der Waals surface area contributed by atoms with E-state index in [1.165, 1.54) is 12.0 Å². The quantitative estimate of drug-likeness (QED) is 0.724. The minimum atomic E-state index is -0.613. The molecule has 24 heavy (non-hydrogen) atoms. The fourth-order valence-electron chi connectivity index (χ4n) is 2.24. The Morgan fingerprint density at radius 3 is 2.38 bits per heavy atom. The van der Waals surface area contributed by atoms with Gasteiger partial charge in [0.25, 0.3) is 0 Å². The first kappa shape index (κ1) is 20.3. The van der Waals surface area contributed by atoms with E-state index in [9.17, 15) is 9.59 Å². The molecule has 0 aliphatic heterocycles. The number of ether oxygens (including phenoxy) is 2. The average Bonchev–Trinajstić information content (AvgIpc) is 2.45. The van der Waals surface area contributed by atoms with Crippen LogP contribution in [0.3, 0.4) is 0 Å². The normalized spacial score (nSPS) is 11.3. The summed E-state index contributed by atoms with van der Waals surface area (Å²) >= 11 is 6.37. The molecule has 5 nitrogen and oxygen atoms in total. The van der Waals surface area contributed by atoms with Crippen molar-refractivity contribution in [3.63, 3.8) is 0 Å². The molecule has 0 bridgehead atoms. The SMILES string of the molecule is COC(=O)CCc1cccc(Cl)c1N(C(=O)OC(C)(C)C)C(C)C. The third kappa shape index (κ3) is 5.71. The Morgan fingerprint density at radius 2 is 1.88 bits per heavy atom. The maximum Gasteiger partial charge on any atom is 0.415 e. The number of halogens is 1. The molecule has 1 rings (SSSR count). The van der Waals surface area contributed by atoms with E-state index in [4.69, 9.17) is 16.3 Å². The zero-order chi connectivity index (χ0) is 18.5. The highest BCUT2D eigenvalue weighted by molar-refractivity contribution is 6.34. The van der Waals surface area contributed by atoms with Crippen molar-refractivity contribution >= 4 is 29.4 Å². The van der Waals surface area contributed by atoms with Crippen LogP contribution >= 0.6 is 11.6 Å². The van der Waals surface area contributed by atoms with Gasteiger partial charge in [-0.1, -0.05) is 23.7 Å². The van der Waals surface area contributed by atoms with E-state index in [1.54, 1.807) is 12.1 Å². The largest absolute Gasteiger partial charge is 0.469 e. The van der Waals surface area contributed by atoms with E-state index >= 15 is 0 Å². The summed E-state index contributed by atoms with van der Waals surface area (Å²) in [4.78, 5) is 25.6. The molecule has 1 aromatic carbocycles. The van der Waals surface area contributed by atoms with Gasteiger partial charge in [0.05, 0.1) is 17.8 Å². The molecular formula is C18H26ClNO4. The lowest BCUT2D eigenvalue weighted by atomic mass is 10.1. The van der Waals surface area contributed by atoms with Gasteiger partial charge in [-0.2, -0.15) is 0 Å². The van der Waals surface area contributed by atoms with Crippen LogP contribution in [0.5, 0.6) is 0 Å². The third-order valence-electron chi connectivity index (χ3n) is 3.24. The number of para-hydroxylation sites is 1. The lowest BCUT2D eigenvalue weighted by Crippen LogP contribution is -2.41. The molecule has 0 aliphatic rings. The molecular weight excluding hydrogens is 330 g/mol. The number of nitrogens with zero attached hydrogens (tertiary/aromatic N) is 1. The highest BCUT2D eigenvalue weighted by Gasteiger charge is 2.28. The molecule has 0 atom stereocenters. The average molecular weight is 356 g/mol. The number of methoxy groups -OCH3 is 1. The zero-order valence-corrected chi connectivity index (χ0v) is 15.9. The van der Waals surface area contributed by atoms with Crippen LogP contribution < -0.4 is 4.90 Å². The second-order valence-corrected chi connectivity index (χ2v) is 7.17. The van der Waals surface area contributed by atoms with Crippen molar-refractivity contribution in [3.05, 3.63) is 28.8 Å². The summed E-state index contributed by atoms with van der Waals surface area (Å²) in [6, 6.07) is 5.21. The summed E-state index contributed by atoms with van der Waals surface area (Å²) in [5, 5.41) is 0.442. The molecule has 0 radical (unpaired) electrons. The Balaban J connectivity index is 3.22. The summed E-state index contributed by atoms with van der Waals surface area (Å²) in [5.74, 6) is -0.311. The van der Waals surface area contributed by atoms with Gasteiger partial charge >= 0.3 is 12.1 Å². The van der Waals surface area contributed by atoms with Crippen LogP contribution in [0.15, 0.2) is 18.2 Å². The van der Waals surface area contributed by atoms with Crippen LogP contribution in [0.25, 0.3) is 0 Å². The third-order valence-corrected chi connectivity index (χ3v) is 3.55. The number of esters is 1. The van der Waals surface area contributed by atoms with Crippen molar-refractivity contribution in [2.24, 2.45) is 0 Å². The van der Waals surface area contributed by atoms with Crippen molar-refractivity contribution in [1.82, 2.24) is 0 Å². The van der Waals surface area contributed by atoms with Crippen LogP contribution in [-0.2, 0) is 20.7 Å². The minimum absolute atomic E-state index is 0.156. The molecule has 0 heterocycles. The molecule has 1 amide bonds. The smallest absolute Gasteiger partial charge is 0.415 e. The van der Waals surface area contributed by atoms with Gasteiger partial charge in [0.15, 0.2) is 0 Å². The second-order valence-electron chi connectivity index (χ2n) is 6.77. The lowest BCUT2D eigenvalue weighted by molar-refractivity contribution is -0.140. The van der Waals surface area contributed by atoms with E-state index in [2.05, 4.69) is 4.74 Å². The molecule has 0 saturated heterocycles. The topological polar surface area (TPSA) is 55.8 Å². The van der Waals surface area contributed by atoms with Gasteiger partial charge in [-0.3, -0.25) is 9.69 Å². The summed E-state index contributed by atoms with van der Waals surface area (Å²) in [7, 11) is 1.35. The summed E-state index contributed by atoms with van der Waals surface area (Å²) in [6.45, 7) is 9.21. The van der Waals surface area contributed by atoms with Crippen LogP contribution in [-0.4, -0.2) is 30.8 Å². The van der Waals surface area contributed by atoms with E-state index in [0.29, 0.717) is 17.1 Å². The number of benzene rings is 1. The van der Waals surface area contributed by atoms with E-state index in [-0.39, 0.29) is 18.4 Å². The van der Waals surface area contributed by atoms with Gasteiger partial charge in [-0.25, -0.2) is 4.79 Å². The fraction of sp³-hybridized carbons (Fsp3) is 0.556. The Kier molecular flexibility index (Phi) is 7.08. The maximum absolute atomic E-state index is 12.7. The number of carbonyl (C=O) groups excluding carboxylic acids is 2. The van der Waals surface area contributed by atoms with Crippen molar-refractivity contribution in [3.8, 4) is 0 Å². The van der Waals surface area contributed by atoms with E-state index in [0.717, 1.165) is 5.56 Å². The monoisotopic (exact) mass is 355 g/mol. The highest BCUT2D eigenvalue weighted by atomic mass is 35.5. The Morgan fingerprint density at radius 1 is 1.25 bits per heavy atom. The second kappa shape index (κ2) is 8.38. The summed E-state index contributed by atoms with van der Waals surface area (Å²) in [5.41, 5.74) is 0.761. The standard InChI is InChI=1S/C18H26ClNO4/c1-12(2)20(17(22)24-18(3,4)5)16-13(8-7-9-14(16)19)10-11-15(21)23-6/h7-9,12H,10-11H2,1-6H3. The Bertz CT molecular complexity index is 593. The highest BCUT2D eigenvalue weighted by Crippen LogP contribution is 2.33. The number of amides is 1. The molecule has 0 fully saturated rings. The first-order chi connectivity index (χ1) is 11.1. The van der Waals surface area contributed by atoms with Gasteiger partial charge in [-0.15, -0.1) is 0 Å². The Hall–Kier alpha value is -1.75. The first-order valence-electron chi connectivity index (χ1n) is 7.93. The van der Waals surface area contributed by atoms with Crippen LogP contribution in [0.4, 0.5) is 10.5 Å². The van der Waals surface area contributed by atoms with Crippen molar-refractivity contribution < 1.29 is 19.1 Å². The number of hydrogen-bond acceptors (Lipinski definition) is 4. The van der Waals surface area contributed by atoms with Crippen molar-refractivity contribution in [2.75, 3.05) is 12.0 Å². The molecule has 0 saturated carbocycles. The number of aryl methyl sites for hydroxylation is 1. The summed E-state index contributed by atoms with van der Waals surface area (Å²) < 4.78 is 10.2. The van der Waals surface area contributed by atoms with Gasteiger partial charge in [-0.05, 0) is 52.7 Å². The zero-order valence-electron chi connectivity index (χ0n) is 15.2. The van der Waals surface area contributed by atoms with Gasteiger partial charge < -0.3 is 9.47 Å². The van der Waals surface area contributed by atoms with Gasteiger partial charge in [0.1, 0.15) is 5.60 Å². The first-order valence-corrected chi connectivity index (χ1v) is 8.31. The molecule has 0 unspecified atom stereocenters. The van der Waals surface area contributed by atoms with Gasteiger partial charge in [0.2, 0.25) is 0 Å².